The highest BCUT2D eigenvalue weighted by Gasteiger charge is 2.67. The average Bonchev–Trinajstić information content (AvgIpc) is 3.33. The van der Waals surface area contributed by atoms with Crippen LogP contribution in [-0.2, 0) is 4.79 Å². The summed E-state index contributed by atoms with van der Waals surface area (Å²) in [5.74, 6) is -4.69. The number of halogens is 7. The molecule has 2 atom stereocenters. The fourth-order valence-corrected chi connectivity index (χ4v) is 5.17. The van der Waals surface area contributed by atoms with Gasteiger partial charge in [-0.05, 0) is 54.1 Å². The summed E-state index contributed by atoms with van der Waals surface area (Å²) in [4.78, 5) is 25.5. The molecule has 2 N–H and O–H groups in total. The van der Waals surface area contributed by atoms with E-state index in [1.54, 1.807) is 18.2 Å². The van der Waals surface area contributed by atoms with Crippen LogP contribution in [0.5, 0.6) is 0 Å². The number of hydrogen-bond donors (Lipinski definition) is 2. The molecule has 0 bridgehead atoms. The minimum absolute atomic E-state index is 0.00109. The Labute approximate surface area is 218 Å². The lowest BCUT2D eigenvalue weighted by Crippen LogP contribution is -2.18. The largest absolute Gasteiger partial charge is 0.326 e. The normalized spacial score (nSPS) is 18.3. The first-order chi connectivity index (χ1) is 16.0. The summed E-state index contributed by atoms with van der Waals surface area (Å²) < 4.78 is 25.2. The van der Waals surface area contributed by atoms with Crippen LogP contribution in [0.25, 0.3) is 0 Å². The van der Waals surface area contributed by atoms with Crippen molar-refractivity contribution in [3.63, 3.8) is 0 Å². The molecule has 11 heteroatoms. The zero-order chi connectivity index (χ0) is 24.8. The van der Waals surface area contributed by atoms with Gasteiger partial charge in [0.15, 0.2) is 11.6 Å². The summed E-state index contributed by atoms with van der Waals surface area (Å²) in [6, 6.07) is 12.0. The van der Waals surface area contributed by atoms with Crippen molar-refractivity contribution in [3.05, 3.63) is 92.4 Å². The Kier molecular flexibility index (Phi) is 7.00. The summed E-state index contributed by atoms with van der Waals surface area (Å²) in [5, 5.41) is 5.94. The molecule has 1 aliphatic carbocycles. The van der Waals surface area contributed by atoms with Crippen molar-refractivity contribution < 1.29 is 18.4 Å². The second kappa shape index (κ2) is 9.51. The van der Waals surface area contributed by atoms with Crippen molar-refractivity contribution in [1.29, 1.82) is 0 Å². The predicted octanol–water partition coefficient (Wildman–Crippen LogP) is 7.70. The number of alkyl halides is 2. The third-order valence-corrected chi connectivity index (χ3v) is 6.94. The van der Waals surface area contributed by atoms with Crippen LogP contribution < -0.4 is 10.6 Å². The number of nitrogens with one attached hydrogen (secondary N) is 2. The minimum Gasteiger partial charge on any atom is -0.326 e. The highest BCUT2D eigenvalue weighted by Crippen LogP contribution is 2.65. The van der Waals surface area contributed by atoms with E-state index in [4.69, 9.17) is 58.0 Å². The molecule has 3 aromatic carbocycles. The molecule has 4 rings (SSSR count). The first kappa shape index (κ1) is 25.0. The second-order valence-corrected chi connectivity index (χ2v) is 10.3. The van der Waals surface area contributed by atoms with E-state index in [0.717, 1.165) is 12.1 Å². The van der Waals surface area contributed by atoms with Gasteiger partial charge in [0, 0.05) is 33.4 Å². The molecule has 0 unspecified atom stereocenters. The van der Waals surface area contributed by atoms with Crippen LogP contribution in [0.1, 0.15) is 21.8 Å². The Hall–Kier alpha value is -2.09. The summed E-state index contributed by atoms with van der Waals surface area (Å²) in [6.07, 6.45) is 0. The first-order valence-electron chi connectivity index (χ1n) is 9.68. The van der Waals surface area contributed by atoms with Gasteiger partial charge in [0.05, 0.1) is 16.5 Å². The van der Waals surface area contributed by atoms with Crippen LogP contribution in [0.2, 0.25) is 15.1 Å². The Morgan fingerprint density at radius 2 is 1.41 bits per heavy atom. The van der Waals surface area contributed by atoms with E-state index in [1.165, 1.54) is 24.3 Å². The van der Waals surface area contributed by atoms with Crippen LogP contribution >= 0.6 is 58.0 Å². The number of amides is 2. The highest BCUT2D eigenvalue weighted by atomic mass is 35.5. The SMILES string of the molecule is O=C(Nc1ccc(F)c(F)c1)c1cc(NC(=O)[C@H]2[C@H](c3cc(Cl)cc(Cl)c3)C2(Cl)Cl)ccc1Cl. The lowest BCUT2D eigenvalue weighted by molar-refractivity contribution is -0.117. The summed E-state index contributed by atoms with van der Waals surface area (Å²) >= 11 is 31.0. The van der Waals surface area contributed by atoms with Gasteiger partial charge in [0.2, 0.25) is 5.91 Å². The van der Waals surface area contributed by atoms with Gasteiger partial charge < -0.3 is 10.6 Å². The van der Waals surface area contributed by atoms with E-state index < -0.39 is 39.6 Å². The van der Waals surface area contributed by atoms with Crippen molar-refractivity contribution in [2.24, 2.45) is 5.92 Å². The van der Waals surface area contributed by atoms with Crippen LogP contribution in [0, 0.1) is 17.6 Å². The maximum absolute atomic E-state index is 13.4. The monoisotopic (exact) mass is 562 g/mol. The van der Waals surface area contributed by atoms with Crippen LogP contribution in [0.4, 0.5) is 20.2 Å². The third-order valence-electron chi connectivity index (χ3n) is 5.24. The van der Waals surface area contributed by atoms with Crippen molar-refractivity contribution in [2.75, 3.05) is 10.6 Å². The van der Waals surface area contributed by atoms with E-state index in [0.29, 0.717) is 15.6 Å². The van der Waals surface area contributed by atoms with E-state index in [2.05, 4.69) is 10.6 Å². The number of anilines is 2. The van der Waals surface area contributed by atoms with Crippen LogP contribution in [-0.4, -0.2) is 16.1 Å². The number of carbonyl (C=O) groups excluding carboxylic acids is 2. The van der Waals surface area contributed by atoms with Gasteiger partial charge in [-0.25, -0.2) is 8.78 Å². The fourth-order valence-electron chi connectivity index (χ4n) is 3.59. The van der Waals surface area contributed by atoms with E-state index in [9.17, 15) is 18.4 Å². The Balaban J connectivity index is 1.51. The highest BCUT2D eigenvalue weighted by molar-refractivity contribution is 6.53. The second-order valence-electron chi connectivity index (χ2n) is 7.60. The molecule has 0 radical (unpaired) electrons. The van der Waals surface area contributed by atoms with Gasteiger partial charge in [-0.15, -0.1) is 23.2 Å². The van der Waals surface area contributed by atoms with E-state index in [-0.39, 0.29) is 22.0 Å². The molecule has 1 fully saturated rings. The molecule has 0 aliphatic heterocycles. The maximum atomic E-state index is 13.4. The van der Waals surface area contributed by atoms with E-state index in [1.807, 2.05) is 0 Å². The molecule has 0 aromatic heterocycles. The Morgan fingerprint density at radius 3 is 2.06 bits per heavy atom. The molecule has 0 heterocycles. The maximum Gasteiger partial charge on any atom is 0.257 e. The quantitative estimate of drug-likeness (QED) is 0.312. The molecule has 0 saturated heterocycles. The van der Waals surface area contributed by atoms with Crippen molar-refractivity contribution >= 4 is 81.2 Å². The molecular formula is C23H13Cl5F2N2O2. The number of carbonyl (C=O) groups is 2. The zero-order valence-electron chi connectivity index (χ0n) is 16.8. The lowest BCUT2D eigenvalue weighted by atomic mass is 10.1. The number of rotatable bonds is 5. The Morgan fingerprint density at radius 1 is 0.794 bits per heavy atom. The molecule has 176 valence electrons. The summed E-state index contributed by atoms with van der Waals surface area (Å²) in [7, 11) is 0. The average molecular weight is 565 g/mol. The van der Waals surface area contributed by atoms with Crippen molar-refractivity contribution in [2.45, 2.75) is 10.3 Å². The summed E-state index contributed by atoms with van der Waals surface area (Å²) in [5.41, 5.74) is 0.903. The van der Waals surface area contributed by atoms with Gasteiger partial charge in [-0.2, -0.15) is 0 Å². The minimum atomic E-state index is -1.38. The molecule has 2 amide bonds. The standard InChI is InChI=1S/C23H13Cl5F2N2O2/c24-11-5-10(6-12(25)7-11)19-20(23(19,27)28)22(34)32-13-1-3-16(26)15(8-13)21(33)31-14-2-4-17(29)18(30)9-14/h1-9,19-20H,(H,31,33)(H,32,34)/t19-,20+/m0/s1. The first-order valence-corrected chi connectivity index (χ1v) is 11.6. The number of hydrogen-bond acceptors (Lipinski definition) is 2. The molecule has 3 aromatic rings. The molecule has 1 aliphatic rings. The third kappa shape index (κ3) is 5.11. The predicted molar refractivity (Wildman–Crippen MR) is 132 cm³/mol. The molecule has 0 spiro atoms. The van der Waals surface area contributed by atoms with Crippen LogP contribution in [0.15, 0.2) is 54.6 Å². The smallest absolute Gasteiger partial charge is 0.257 e. The number of benzene rings is 3. The van der Waals surface area contributed by atoms with Crippen molar-refractivity contribution in [3.8, 4) is 0 Å². The van der Waals surface area contributed by atoms with Crippen molar-refractivity contribution in [1.82, 2.24) is 0 Å². The van der Waals surface area contributed by atoms with Gasteiger partial charge in [-0.1, -0.05) is 34.8 Å². The van der Waals surface area contributed by atoms with Gasteiger partial charge in [-0.3, -0.25) is 9.59 Å². The van der Waals surface area contributed by atoms with Crippen LogP contribution in [0.3, 0.4) is 0 Å². The molecular weight excluding hydrogens is 552 g/mol. The van der Waals surface area contributed by atoms with Gasteiger partial charge in [0.25, 0.3) is 5.91 Å². The molecule has 34 heavy (non-hydrogen) atoms. The van der Waals surface area contributed by atoms with Gasteiger partial charge >= 0.3 is 0 Å². The lowest BCUT2D eigenvalue weighted by Gasteiger charge is -2.10. The summed E-state index contributed by atoms with van der Waals surface area (Å²) in [6.45, 7) is 0. The topological polar surface area (TPSA) is 58.2 Å². The zero-order valence-corrected chi connectivity index (χ0v) is 20.6. The van der Waals surface area contributed by atoms with E-state index >= 15 is 0 Å². The molecule has 1 saturated carbocycles. The van der Waals surface area contributed by atoms with Gasteiger partial charge in [0.1, 0.15) is 4.33 Å². The fraction of sp³-hybridized carbons (Fsp3) is 0.130. The Bertz CT molecular complexity index is 1300. The molecule has 4 nitrogen and oxygen atoms in total.